The number of hydrogen-bond donors (Lipinski definition) is 2. The molecule has 7 heteroatoms. The minimum Gasteiger partial charge on any atom is -0.480 e. The summed E-state index contributed by atoms with van der Waals surface area (Å²) in [6, 6.07) is 0. The highest BCUT2D eigenvalue weighted by Gasteiger charge is 2.35. The van der Waals surface area contributed by atoms with E-state index in [0.717, 1.165) is 0 Å². The van der Waals surface area contributed by atoms with Gasteiger partial charge in [-0.1, -0.05) is 13.0 Å². The maximum absolute atomic E-state index is 12.2. The van der Waals surface area contributed by atoms with Crippen LogP contribution in [0.15, 0.2) is 11.6 Å². The molecule has 0 aromatic rings. The van der Waals surface area contributed by atoms with E-state index in [0.29, 0.717) is 0 Å². The molecule has 15 heavy (non-hydrogen) atoms. The average Bonchev–Trinajstić information content (AvgIpc) is 2.01. The molecule has 0 aliphatic carbocycles. The van der Waals surface area contributed by atoms with Gasteiger partial charge in [-0.25, -0.2) is 0 Å². The molecule has 0 aliphatic rings. The zero-order chi connectivity index (χ0) is 12.2. The molecule has 0 atom stereocenters. The van der Waals surface area contributed by atoms with Gasteiger partial charge in [-0.3, -0.25) is 9.59 Å². The van der Waals surface area contributed by atoms with E-state index in [9.17, 15) is 22.8 Å². The van der Waals surface area contributed by atoms with Crippen molar-refractivity contribution in [3.8, 4) is 0 Å². The van der Waals surface area contributed by atoms with Gasteiger partial charge < -0.3 is 10.2 Å². The summed E-state index contributed by atoms with van der Waals surface area (Å²) in [7, 11) is 0. The average molecular weight is 226 g/mol. The predicted molar refractivity (Wildman–Crippen MR) is 43.2 cm³/mol. The normalized spacial score (nSPS) is 13.0. The minimum absolute atomic E-state index is 0.213. The highest BCUT2D eigenvalue weighted by Crippen LogP contribution is 2.29. The molecule has 0 saturated heterocycles. The van der Waals surface area contributed by atoms with Gasteiger partial charge in [-0.05, 0) is 6.42 Å². The molecule has 0 aromatic heterocycles. The lowest BCUT2D eigenvalue weighted by Crippen LogP contribution is -2.23. The third-order valence-corrected chi connectivity index (χ3v) is 1.64. The van der Waals surface area contributed by atoms with Gasteiger partial charge in [0.05, 0.1) is 0 Å². The van der Waals surface area contributed by atoms with Crippen molar-refractivity contribution < 1.29 is 33.0 Å². The van der Waals surface area contributed by atoms with Crippen LogP contribution in [0.25, 0.3) is 0 Å². The summed E-state index contributed by atoms with van der Waals surface area (Å²) in [6.45, 7) is 1.17. The number of allylic oxidation sites excluding steroid dienone is 1. The fraction of sp³-hybridized carbons (Fsp3) is 0.500. The van der Waals surface area contributed by atoms with Crippen LogP contribution in [0.5, 0.6) is 0 Å². The Bertz CT molecular complexity index is 279. The van der Waals surface area contributed by atoms with E-state index < -0.39 is 36.0 Å². The Balaban J connectivity index is 5.11. The SMILES string of the molecule is CCC(=CC(C(=O)O)C(=O)O)C(F)(F)F. The lowest BCUT2D eigenvalue weighted by atomic mass is 10.0. The number of carboxylic acid groups (broad SMARTS) is 2. The van der Waals surface area contributed by atoms with Crippen molar-refractivity contribution in [3.63, 3.8) is 0 Å². The number of hydrogen-bond acceptors (Lipinski definition) is 2. The van der Waals surface area contributed by atoms with Gasteiger partial charge in [0, 0.05) is 5.57 Å². The Hall–Kier alpha value is -1.53. The first-order valence-electron chi connectivity index (χ1n) is 3.93. The van der Waals surface area contributed by atoms with E-state index in [-0.39, 0.29) is 6.08 Å². The Morgan fingerprint density at radius 1 is 1.27 bits per heavy atom. The number of carbonyl (C=O) groups is 2. The molecule has 0 fully saturated rings. The zero-order valence-corrected chi connectivity index (χ0v) is 7.71. The third kappa shape index (κ3) is 4.01. The van der Waals surface area contributed by atoms with Crippen LogP contribution in [0.4, 0.5) is 13.2 Å². The summed E-state index contributed by atoms with van der Waals surface area (Å²) in [6.07, 6.45) is -4.96. The smallest absolute Gasteiger partial charge is 0.412 e. The van der Waals surface area contributed by atoms with Gasteiger partial charge in [-0.15, -0.1) is 0 Å². The molecule has 0 amide bonds. The first-order valence-corrected chi connectivity index (χ1v) is 3.93. The monoisotopic (exact) mass is 226 g/mol. The number of halogens is 3. The lowest BCUT2D eigenvalue weighted by molar-refractivity contribution is -0.152. The fourth-order valence-corrected chi connectivity index (χ4v) is 0.862. The highest BCUT2D eigenvalue weighted by atomic mass is 19.4. The van der Waals surface area contributed by atoms with Crippen molar-refractivity contribution in [2.75, 3.05) is 0 Å². The van der Waals surface area contributed by atoms with E-state index in [2.05, 4.69) is 0 Å². The van der Waals surface area contributed by atoms with Gasteiger partial charge >= 0.3 is 18.1 Å². The van der Waals surface area contributed by atoms with E-state index in [1.54, 1.807) is 0 Å². The molecular formula is C8H9F3O4. The van der Waals surface area contributed by atoms with Crippen molar-refractivity contribution in [3.05, 3.63) is 11.6 Å². The van der Waals surface area contributed by atoms with Gasteiger partial charge in [0.25, 0.3) is 0 Å². The van der Waals surface area contributed by atoms with Gasteiger partial charge in [-0.2, -0.15) is 13.2 Å². The second kappa shape index (κ2) is 4.81. The van der Waals surface area contributed by atoms with E-state index in [4.69, 9.17) is 10.2 Å². The number of carboxylic acids is 2. The molecule has 0 spiro atoms. The molecule has 0 rings (SSSR count). The fourth-order valence-electron chi connectivity index (χ4n) is 0.862. The van der Waals surface area contributed by atoms with Crippen LogP contribution in [-0.2, 0) is 9.59 Å². The molecule has 4 nitrogen and oxygen atoms in total. The van der Waals surface area contributed by atoms with Gasteiger partial charge in [0.2, 0.25) is 0 Å². The molecule has 0 heterocycles. The summed E-state index contributed by atoms with van der Waals surface area (Å²) in [5.74, 6) is -5.81. The second-order valence-electron chi connectivity index (χ2n) is 2.70. The van der Waals surface area contributed by atoms with Crippen LogP contribution in [-0.4, -0.2) is 28.3 Å². The quantitative estimate of drug-likeness (QED) is 0.564. The molecule has 0 bridgehead atoms. The summed E-state index contributed by atoms with van der Waals surface area (Å²) in [5.41, 5.74) is -1.16. The maximum Gasteiger partial charge on any atom is 0.412 e. The summed E-state index contributed by atoms with van der Waals surface area (Å²) in [4.78, 5) is 20.7. The summed E-state index contributed by atoms with van der Waals surface area (Å²) < 4.78 is 36.5. The Morgan fingerprint density at radius 3 is 1.87 bits per heavy atom. The van der Waals surface area contributed by atoms with Gasteiger partial charge in [0.15, 0.2) is 5.92 Å². The zero-order valence-electron chi connectivity index (χ0n) is 7.71. The summed E-state index contributed by atoms with van der Waals surface area (Å²) >= 11 is 0. The predicted octanol–water partition coefficient (Wildman–Crippen LogP) is 1.67. The Morgan fingerprint density at radius 2 is 1.67 bits per heavy atom. The molecular weight excluding hydrogens is 217 g/mol. The molecule has 0 aliphatic heterocycles. The third-order valence-electron chi connectivity index (χ3n) is 1.64. The van der Waals surface area contributed by atoms with Crippen molar-refractivity contribution in [1.29, 1.82) is 0 Å². The molecule has 86 valence electrons. The van der Waals surface area contributed by atoms with Crippen LogP contribution in [0.1, 0.15) is 13.3 Å². The molecule has 0 unspecified atom stereocenters. The van der Waals surface area contributed by atoms with Crippen LogP contribution < -0.4 is 0 Å². The Kier molecular flexibility index (Phi) is 4.32. The van der Waals surface area contributed by atoms with Crippen molar-refractivity contribution in [2.24, 2.45) is 5.92 Å². The van der Waals surface area contributed by atoms with E-state index >= 15 is 0 Å². The summed E-state index contributed by atoms with van der Waals surface area (Å²) in [5, 5.41) is 16.7. The number of alkyl halides is 3. The minimum atomic E-state index is -4.70. The first kappa shape index (κ1) is 13.5. The van der Waals surface area contributed by atoms with Crippen molar-refractivity contribution >= 4 is 11.9 Å². The lowest BCUT2D eigenvalue weighted by Gasteiger charge is -2.11. The standard InChI is InChI=1S/C8H9F3O4/c1-2-4(8(9,10)11)3-5(6(12)13)7(14)15/h3,5H,2H2,1H3,(H,12,13)(H,14,15). The van der Waals surface area contributed by atoms with Crippen LogP contribution >= 0.6 is 0 Å². The van der Waals surface area contributed by atoms with Crippen LogP contribution in [0.2, 0.25) is 0 Å². The van der Waals surface area contributed by atoms with Gasteiger partial charge in [0.1, 0.15) is 0 Å². The van der Waals surface area contributed by atoms with Crippen LogP contribution in [0.3, 0.4) is 0 Å². The molecule has 0 radical (unpaired) electrons. The van der Waals surface area contributed by atoms with Crippen molar-refractivity contribution in [1.82, 2.24) is 0 Å². The van der Waals surface area contributed by atoms with Crippen LogP contribution in [0, 0.1) is 5.92 Å². The molecule has 0 aromatic carbocycles. The Labute approximate surface area is 83.0 Å². The largest absolute Gasteiger partial charge is 0.480 e. The molecule has 0 saturated carbocycles. The highest BCUT2D eigenvalue weighted by molar-refractivity contribution is 5.95. The first-order chi connectivity index (χ1) is 6.70. The maximum atomic E-state index is 12.2. The van der Waals surface area contributed by atoms with Crippen molar-refractivity contribution in [2.45, 2.75) is 19.5 Å². The second-order valence-corrected chi connectivity index (χ2v) is 2.70. The topological polar surface area (TPSA) is 74.6 Å². The number of rotatable bonds is 4. The molecule has 2 N–H and O–H groups in total. The van der Waals surface area contributed by atoms with E-state index in [1.165, 1.54) is 6.92 Å². The number of aliphatic carboxylic acids is 2. The van der Waals surface area contributed by atoms with E-state index in [1.807, 2.05) is 0 Å².